The second-order valence-electron chi connectivity index (χ2n) is 5.23. The molecule has 2 aromatic rings. The Hall–Kier alpha value is -2.33. The predicted molar refractivity (Wildman–Crippen MR) is 95.6 cm³/mol. The minimum atomic E-state index is -3.89. The molecule has 134 valence electrons. The Kier molecular flexibility index (Phi) is 5.85. The Balaban J connectivity index is 2.10. The second kappa shape index (κ2) is 7.70. The highest BCUT2D eigenvalue weighted by Gasteiger charge is 2.19. The first-order valence-corrected chi connectivity index (χ1v) is 9.58. The molecule has 1 aromatic heterocycles. The van der Waals surface area contributed by atoms with Gasteiger partial charge < -0.3 is 9.32 Å². The number of hydrogen-bond acceptors (Lipinski definition) is 8. The van der Waals surface area contributed by atoms with Crippen molar-refractivity contribution < 1.29 is 22.4 Å². The number of anilines is 2. The third-order valence-electron chi connectivity index (χ3n) is 3.07. The fourth-order valence-electron chi connectivity index (χ4n) is 1.79. The summed E-state index contributed by atoms with van der Waals surface area (Å²) in [6, 6.07) is 5.93. The lowest BCUT2D eigenvalue weighted by Crippen LogP contribution is -2.14. The molecule has 0 aliphatic heterocycles. The van der Waals surface area contributed by atoms with Gasteiger partial charge >= 0.3 is 6.01 Å². The standard InChI is InChI=1S/C15H17N3O5S2/c1-10(19)24-9-13(20)14-8-16-15(23-14)17-25(21,22)12-6-4-11(5-7-12)18(2)3/h4-8H,9H2,1-3H3,(H,16,17). The van der Waals surface area contributed by atoms with Crippen LogP contribution < -0.4 is 9.62 Å². The molecule has 0 bridgehead atoms. The second-order valence-corrected chi connectivity index (χ2v) is 8.06. The summed E-state index contributed by atoms with van der Waals surface area (Å²) in [6.07, 6.45) is 1.12. The quantitative estimate of drug-likeness (QED) is 0.723. The number of nitrogens with one attached hydrogen (secondary N) is 1. The van der Waals surface area contributed by atoms with E-state index in [1.165, 1.54) is 19.1 Å². The zero-order chi connectivity index (χ0) is 18.6. The molecule has 0 radical (unpaired) electrons. The number of carbonyl (C=O) groups is 2. The van der Waals surface area contributed by atoms with Gasteiger partial charge in [0.15, 0.2) is 10.9 Å². The van der Waals surface area contributed by atoms with E-state index in [1.54, 1.807) is 12.1 Å². The topological polar surface area (TPSA) is 110 Å². The molecule has 2 rings (SSSR count). The molecule has 0 aliphatic rings. The number of hydrogen-bond donors (Lipinski definition) is 1. The fourth-order valence-corrected chi connectivity index (χ4v) is 3.20. The van der Waals surface area contributed by atoms with E-state index in [9.17, 15) is 18.0 Å². The summed E-state index contributed by atoms with van der Waals surface area (Å²) < 4.78 is 31.9. The minimum absolute atomic E-state index is 0.0383. The number of aromatic nitrogens is 1. The fraction of sp³-hybridized carbons (Fsp3) is 0.267. The lowest BCUT2D eigenvalue weighted by Gasteiger charge is -2.12. The van der Waals surface area contributed by atoms with Crippen molar-refractivity contribution in [2.24, 2.45) is 0 Å². The molecular formula is C15H17N3O5S2. The first kappa shape index (κ1) is 19.0. The van der Waals surface area contributed by atoms with Gasteiger partial charge in [0, 0.05) is 26.7 Å². The summed E-state index contributed by atoms with van der Waals surface area (Å²) >= 11 is 0.838. The molecule has 25 heavy (non-hydrogen) atoms. The van der Waals surface area contributed by atoms with Crippen LogP contribution in [0.1, 0.15) is 17.5 Å². The molecule has 0 saturated heterocycles. The van der Waals surface area contributed by atoms with E-state index in [0.29, 0.717) is 0 Å². The molecule has 0 unspecified atom stereocenters. The highest BCUT2D eigenvalue weighted by molar-refractivity contribution is 8.14. The van der Waals surface area contributed by atoms with Crippen LogP contribution in [0.15, 0.2) is 39.8 Å². The van der Waals surface area contributed by atoms with Crippen LogP contribution in [0.5, 0.6) is 0 Å². The summed E-state index contributed by atoms with van der Waals surface area (Å²) in [5.41, 5.74) is 0.853. The normalized spacial score (nSPS) is 11.2. The Labute approximate surface area is 149 Å². The van der Waals surface area contributed by atoms with E-state index < -0.39 is 15.8 Å². The van der Waals surface area contributed by atoms with Crippen LogP contribution in [-0.2, 0) is 14.8 Å². The third-order valence-corrected chi connectivity index (χ3v) is 5.22. The van der Waals surface area contributed by atoms with Crippen molar-refractivity contribution >= 4 is 44.4 Å². The Morgan fingerprint density at radius 1 is 1.24 bits per heavy atom. The summed E-state index contributed by atoms with van der Waals surface area (Å²) in [6.45, 7) is 1.35. The van der Waals surface area contributed by atoms with Crippen molar-refractivity contribution in [1.82, 2.24) is 4.98 Å². The molecule has 0 aliphatic carbocycles. The maximum absolute atomic E-state index is 12.3. The SMILES string of the molecule is CC(=O)SCC(=O)c1cnc(NS(=O)(=O)c2ccc(N(C)C)cc2)o1. The van der Waals surface area contributed by atoms with E-state index >= 15 is 0 Å². The van der Waals surface area contributed by atoms with Gasteiger partial charge in [-0.1, -0.05) is 11.8 Å². The number of nitrogens with zero attached hydrogens (tertiary/aromatic N) is 2. The highest BCUT2D eigenvalue weighted by Crippen LogP contribution is 2.20. The number of Topliss-reactive ketones (excluding diaryl/α,β-unsaturated/α-hetero) is 1. The zero-order valence-electron chi connectivity index (χ0n) is 13.8. The first-order valence-electron chi connectivity index (χ1n) is 7.11. The van der Waals surface area contributed by atoms with Gasteiger partial charge in [0.25, 0.3) is 10.0 Å². The van der Waals surface area contributed by atoms with Gasteiger partial charge in [0.05, 0.1) is 16.8 Å². The van der Waals surface area contributed by atoms with Crippen LogP contribution in [0.3, 0.4) is 0 Å². The third kappa shape index (κ3) is 5.07. The maximum Gasteiger partial charge on any atom is 0.309 e. The summed E-state index contributed by atoms with van der Waals surface area (Å²) in [5, 5.41) is -0.199. The largest absolute Gasteiger partial charge is 0.420 e. The van der Waals surface area contributed by atoms with Gasteiger partial charge in [-0.3, -0.25) is 9.59 Å². The summed E-state index contributed by atoms with van der Waals surface area (Å²) in [5.74, 6) is -0.661. The molecule has 1 heterocycles. The van der Waals surface area contributed by atoms with Gasteiger partial charge in [0.1, 0.15) is 0 Å². The van der Waals surface area contributed by atoms with Crippen molar-refractivity contribution in [3.05, 3.63) is 36.2 Å². The van der Waals surface area contributed by atoms with Crippen LogP contribution in [-0.4, -0.2) is 44.1 Å². The molecule has 8 nitrogen and oxygen atoms in total. The average Bonchev–Trinajstić information content (AvgIpc) is 3.00. The van der Waals surface area contributed by atoms with Gasteiger partial charge in [-0.2, -0.15) is 0 Å². The molecular weight excluding hydrogens is 366 g/mol. The highest BCUT2D eigenvalue weighted by atomic mass is 32.2. The summed E-state index contributed by atoms with van der Waals surface area (Å²) in [7, 11) is -0.200. The zero-order valence-corrected chi connectivity index (χ0v) is 15.5. The number of carbonyl (C=O) groups excluding carboxylic acids is 2. The lowest BCUT2D eigenvalue weighted by atomic mass is 10.3. The molecule has 0 atom stereocenters. The monoisotopic (exact) mass is 383 g/mol. The number of benzene rings is 1. The van der Waals surface area contributed by atoms with E-state index in [-0.39, 0.29) is 27.5 Å². The maximum atomic E-state index is 12.3. The number of sulfonamides is 1. The lowest BCUT2D eigenvalue weighted by molar-refractivity contribution is -0.109. The molecule has 10 heteroatoms. The van der Waals surface area contributed by atoms with Crippen molar-refractivity contribution in [3.8, 4) is 0 Å². The van der Waals surface area contributed by atoms with Crippen LogP contribution >= 0.6 is 11.8 Å². The van der Waals surface area contributed by atoms with Crippen LogP contribution in [0.2, 0.25) is 0 Å². The van der Waals surface area contributed by atoms with Crippen LogP contribution in [0.25, 0.3) is 0 Å². The molecule has 0 saturated carbocycles. The van der Waals surface area contributed by atoms with Crippen LogP contribution in [0, 0.1) is 0 Å². The number of oxazole rings is 1. The number of ketones is 1. The van der Waals surface area contributed by atoms with Gasteiger partial charge in [-0.05, 0) is 24.3 Å². The minimum Gasteiger partial charge on any atom is -0.420 e. The van der Waals surface area contributed by atoms with E-state index in [0.717, 1.165) is 23.6 Å². The van der Waals surface area contributed by atoms with Gasteiger partial charge in [0.2, 0.25) is 5.78 Å². The number of rotatable bonds is 7. The van der Waals surface area contributed by atoms with Crippen molar-refractivity contribution in [2.75, 3.05) is 29.5 Å². The molecule has 0 fully saturated rings. The Bertz CT molecular complexity index is 873. The number of thioether (sulfide) groups is 1. The smallest absolute Gasteiger partial charge is 0.309 e. The van der Waals surface area contributed by atoms with E-state index in [1.807, 2.05) is 19.0 Å². The molecule has 1 N–H and O–H groups in total. The Morgan fingerprint density at radius 2 is 1.88 bits per heavy atom. The van der Waals surface area contributed by atoms with Crippen molar-refractivity contribution in [2.45, 2.75) is 11.8 Å². The Morgan fingerprint density at radius 3 is 2.44 bits per heavy atom. The first-order chi connectivity index (χ1) is 11.7. The van der Waals surface area contributed by atoms with Crippen LogP contribution in [0.4, 0.5) is 11.7 Å². The molecule has 0 spiro atoms. The van der Waals surface area contributed by atoms with Gasteiger partial charge in [-0.15, -0.1) is 0 Å². The molecule has 1 aromatic carbocycles. The van der Waals surface area contributed by atoms with E-state index in [4.69, 9.17) is 4.42 Å². The predicted octanol–water partition coefficient (Wildman–Crippen LogP) is 2.00. The van der Waals surface area contributed by atoms with E-state index in [2.05, 4.69) is 9.71 Å². The van der Waals surface area contributed by atoms with Gasteiger partial charge in [-0.25, -0.2) is 18.1 Å². The average molecular weight is 383 g/mol. The van der Waals surface area contributed by atoms with Crippen molar-refractivity contribution in [3.63, 3.8) is 0 Å². The van der Waals surface area contributed by atoms with Crippen molar-refractivity contribution in [1.29, 1.82) is 0 Å². The molecule has 0 amide bonds. The summed E-state index contributed by atoms with van der Waals surface area (Å²) in [4.78, 5) is 28.3.